The van der Waals surface area contributed by atoms with Crippen LogP contribution < -0.4 is 15.6 Å². The van der Waals surface area contributed by atoms with E-state index >= 15 is 0 Å². The van der Waals surface area contributed by atoms with E-state index in [1.165, 1.54) is 0 Å². The largest absolute Gasteiger partial charge is 0.326 e. The van der Waals surface area contributed by atoms with E-state index in [1.54, 1.807) is 33.8 Å². The van der Waals surface area contributed by atoms with Crippen molar-refractivity contribution in [2.75, 3.05) is 22.2 Å². The van der Waals surface area contributed by atoms with Gasteiger partial charge in [0.2, 0.25) is 11.8 Å². The van der Waals surface area contributed by atoms with Crippen molar-refractivity contribution < 1.29 is 14.4 Å². The predicted octanol–water partition coefficient (Wildman–Crippen LogP) is 4.04. The van der Waals surface area contributed by atoms with Gasteiger partial charge in [0, 0.05) is 41.3 Å². The summed E-state index contributed by atoms with van der Waals surface area (Å²) in [7, 11) is 0. The normalized spacial score (nSPS) is 15.5. The maximum absolute atomic E-state index is 12.9. The molecule has 0 unspecified atom stereocenters. The van der Waals surface area contributed by atoms with Crippen LogP contribution in [-0.4, -0.2) is 28.9 Å². The number of nitrogens with zero attached hydrogens (tertiary/aromatic N) is 2. The Balaban J connectivity index is 1.44. The molecule has 1 saturated heterocycles. The summed E-state index contributed by atoms with van der Waals surface area (Å²) in [6.45, 7) is 6.21. The Kier molecular flexibility index (Phi) is 6.31. The number of benzene rings is 2. The van der Waals surface area contributed by atoms with Gasteiger partial charge < -0.3 is 10.2 Å². The first-order valence-electron chi connectivity index (χ1n) is 11.1. The molecule has 170 valence electrons. The van der Waals surface area contributed by atoms with Crippen molar-refractivity contribution in [1.29, 1.82) is 0 Å². The van der Waals surface area contributed by atoms with Gasteiger partial charge in [-0.25, -0.2) is 0 Å². The monoisotopic (exact) mass is 444 g/mol. The second-order valence-corrected chi connectivity index (χ2v) is 8.35. The second kappa shape index (κ2) is 9.32. The number of rotatable bonds is 6. The molecule has 3 amide bonds. The molecule has 1 atom stereocenters. The first-order chi connectivity index (χ1) is 15.9. The zero-order valence-electron chi connectivity index (χ0n) is 19.1. The summed E-state index contributed by atoms with van der Waals surface area (Å²) < 4.78 is 1.72. The zero-order valence-corrected chi connectivity index (χ0v) is 19.1. The van der Waals surface area contributed by atoms with Gasteiger partial charge in [0.05, 0.1) is 5.92 Å². The number of aryl methyl sites for hydroxylation is 3. The SMILES string of the molecule is CCc1ccccc1N1C[C@@H](C(=O)Nc2cccc(C(=O)Nn3c(C)ccc3C)c2)CC1=O. The minimum absolute atomic E-state index is 0.0540. The van der Waals surface area contributed by atoms with E-state index in [4.69, 9.17) is 0 Å². The minimum atomic E-state index is -0.454. The van der Waals surface area contributed by atoms with Crippen LogP contribution in [0, 0.1) is 19.8 Å². The van der Waals surface area contributed by atoms with E-state index in [1.807, 2.05) is 57.2 Å². The van der Waals surface area contributed by atoms with Crippen LogP contribution in [0.3, 0.4) is 0 Å². The molecule has 0 saturated carbocycles. The second-order valence-electron chi connectivity index (χ2n) is 8.35. The third-order valence-electron chi connectivity index (χ3n) is 6.04. The summed E-state index contributed by atoms with van der Waals surface area (Å²) in [6, 6.07) is 18.4. The van der Waals surface area contributed by atoms with Crippen LogP contribution >= 0.6 is 0 Å². The van der Waals surface area contributed by atoms with Gasteiger partial charge in [-0.2, -0.15) is 0 Å². The van der Waals surface area contributed by atoms with Gasteiger partial charge in [0.25, 0.3) is 5.91 Å². The highest BCUT2D eigenvalue weighted by Gasteiger charge is 2.35. The van der Waals surface area contributed by atoms with E-state index < -0.39 is 5.92 Å². The van der Waals surface area contributed by atoms with Crippen LogP contribution in [0.15, 0.2) is 60.7 Å². The van der Waals surface area contributed by atoms with Gasteiger partial charge in [-0.3, -0.25) is 24.5 Å². The van der Waals surface area contributed by atoms with Crippen LogP contribution in [0.1, 0.15) is 40.7 Å². The molecule has 2 N–H and O–H groups in total. The van der Waals surface area contributed by atoms with E-state index in [0.29, 0.717) is 17.8 Å². The quantitative estimate of drug-likeness (QED) is 0.602. The number of hydrogen-bond acceptors (Lipinski definition) is 3. The number of carbonyl (C=O) groups excluding carboxylic acids is 3. The fourth-order valence-corrected chi connectivity index (χ4v) is 4.18. The molecular formula is C26H28N4O3. The number of nitrogens with one attached hydrogen (secondary N) is 2. The molecule has 7 nitrogen and oxygen atoms in total. The molecule has 2 aromatic carbocycles. The molecule has 33 heavy (non-hydrogen) atoms. The third kappa shape index (κ3) is 4.67. The van der Waals surface area contributed by atoms with Gasteiger partial charge in [0.15, 0.2) is 0 Å². The highest BCUT2D eigenvalue weighted by molar-refractivity contribution is 6.05. The van der Waals surface area contributed by atoms with Crippen molar-refractivity contribution in [3.05, 3.63) is 83.2 Å². The maximum atomic E-state index is 12.9. The minimum Gasteiger partial charge on any atom is -0.326 e. The molecule has 0 radical (unpaired) electrons. The maximum Gasteiger partial charge on any atom is 0.270 e. The lowest BCUT2D eigenvalue weighted by Crippen LogP contribution is -2.29. The predicted molar refractivity (Wildman–Crippen MR) is 129 cm³/mol. The van der Waals surface area contributed by atoms with Gasteiger partial charge in [-0.1, -0.05) is 31.2 Å². The first kappa shape index (κ1) is 22.3. The molecule has 1 fully saturated rings. The Morgan fingerprint density at radius 2 is 1.73 bits per heavy atom. The summed E-state index contributed by atoms with van der Waals surface area (Å²) in [5, 5.41) is 2.88. The molecule has 0 aliphatic carbocycles. The van der Waals surface area contributed by atoms with Crippen LogP contribution in [-0.2, 0) is 16.0 Å². The van der Waals surface area contributed by atoms with Crippen LogP contribution in [0.2, 0.25) is 0 Å². The molecule has 7 heteroatoms. The van der Waals surface area contributed by atoms with E-state index in [2.05, 4.69) is 10.7 Å². The van der Waals surface area contributed by atoms with Crippen molar-refractivity contribution in [3.63, 3.8) is 0 Å². The van der Waals surface area contributed by atoms with E-state index in [-0.39, 0.29) is 24.1 Å². The summed E-state index contributed by atoms with van der Waals surface area (Å²) in [5.74, 6) is -1.01. The molecule has 1 aliphatic heterocycles. The standard InChI is InChI=1S/C26H28N4O3/c1-4-19-8-5-6-11-23(19)29-16-21(15-24(29)31)25(32)27-22-10-7-9-20(14-22)26(33)28-30-17(2)12-13-18(30)3/h5-14,21H,4,15-16H2,1-3H3,(H,27,32)(H,28,33)/t21-/m0/s1. The van der Waals surface area contributed by atoms with Gasteiger partial charge in [-0.05, 0) is 62.2 Å². The van der Waals surface area contributed by atoms with Crippen LogP contribution in [0.4, 0.5) is 11.4 Å². The lowest BCUT2D eigenvalue weighted by molar-refractivity contribution is -0.122. The van der Waals surface area contributed by atoms with Crippen molar-refractivity contribution in [2.24, 2.45) is 5.92 Å². The fourth-order valence-electron chi connectivity index (χ4n) is 4.18. The topological polar surface area (TPSA) is 83.4 Å². The lowest BCUT2D eigenvalue weighted by Gasteiger charge is -2.20. The van der Waals surface area contributed by atoms with Crippen molar-refractivity contribution in [3.8, 4) is 0 Å². The summed E-state index contributed by atoms with van der Waals surface area (Å²) in [5.41, 5.74) is 7.61. The Bertz CT molecular complexity index is 1190. The summed E-state index contributed by atoms with van der Waals surface area (Å²) in [4.78, 5) is 40.0. The molecule has 1 aliphatic rings. The van der Waals surface area contributed by atoms with Crippen LogP contribution in [0.5, 0.6) is 0 Å². The van der Waals surface area contributed by atoms with Crippen molar-refractivity contribution in [2.45, 2.75) is 33.6 Å². The van der Waals surface area contributed by atoms with Gasteiger partial charge >= 0.3 is 0 Å². The molecule has 0 bridgehead atoms. The van der Waals surface area contributed by atoms with Crippen molar-refractivity contribution in [1.82, 2.24) is 4.68 Å². The van der Waals surface area contributed by atoms with Crippen molar-refractivity contribution >= 4 is 29.1 Å². The van der Waals surface area contributed by atoms with Gasteiger partial charge in [0.1, 0.15) is 0 Å². The summed E-state index contributed by atoms with van der Waals surface area (Å²) in [6.07, 6.45) is 0.976. The lowest BCUT2D eigenvalue weighted by atomic mass is 10.1. The summed E-state index contributed by atoms with van der Waals surface area (Å²) >= 11 is 0. The number of amides is 3. The smallest absolute Gasteiger partial charge is 0.270 e. The Morgan fingerprint density at radius 1 is 1.00 bits per heavy atom. The Labute approximate surface area is 193 Å². The fraction of sp³-hybridized carbons (Fsp3) is 0.269. The number of aromatic nitrogens is 1. The Morgan fingerprint density at radius 3 is 2.45 bits per heavy atom. The average molecular weight is 445 g/mol. The third-order valence-corrected chi connectivity index (χ3v) is 6.04. The molecule has 4 rings (SSSR count). The average Bonchev–Trinajstić information content (AvgIpc) is 3.36. The molecular weight excluding hydrogens is 416 g/mol. The molecule has 0 spiro atoms. The number of hydrogen-bond donors (Lipinski definition) is 2. The first-order valence-corrected chi connectivity index (χ1v) is 11.1. The van der Waals surface area contributed by atoms with Crippen LogP contribution in [0.25, 0.3) is 0 Å². The zero-order chi connectivity index (χ0) is 23.5. The van der Waals surface area contributed by atoms with Gasteiger partial charge in [-0.15, -0.1) is 0 Å². The van der Waals surface area contributed by atoms with E-state index in [9.17, 15) is 14.4 Å². The number of para-hydroxylation sites is 1. The number of carbonyl (C=O) groups is 3. The highest BCUT2D eigenvalue weighted by Crippen LogP contribution is 2.29. The highest BCUT2D eigenvalue weighted by atomic mass is 16.2. The van der Waals surface area contributed by atoms with E-state index in [0.717, 1.165) is 29.1 Å². The number of anilines is 2. The molecule has 1 aromatic heterocycles. The molecule has 2 heterocycles. The Hall–Kier alpha value is -3.87. The molecule has 3 aromatic rings.